The average molecular weight is 1150 g/mol. The Balaban J connectivity index is 0.994. The fourth-order valence-electron chi connectivity index (χ4n) is 15.2. The van der Waals surface area contributed by atoms with Crippen molar-refractivity contribution in [1.29, 1.82) is 0 Å². The van der Waals surface area contributed by atoms with Gasteiger partial charge in [-0.3, -0.25) is 0 Å². The van der Waals surface area contributed by atoms with Crippen molar-refractivity contribution in [2.24, 2.45) is 0 Å². The number of aromatic nitrogens is 2. The van der Waals surface area contributed by atoms with Gasteiger partial charge in [-0.15, -0.1) is 0 Å². The van der Waals surface area contributed by atoms with Gasteiger partial charge in [0.15, 0.2) is 0 Å². The lowest BCUT2D eigenvalue weighted by Gasteiger charge is -2.46. The van der Waals surface area contributed by atoms with Crippen molar-refractivity contribution >= 4 is 101 Å². The van der Waals surface area contributed by atoms with Crippen molar-refractivity contribution in [1.82, 2.24) is 9.13 Å². The van der Waals surface area contributed by atoms with Gasteiger partial charge in [0.05, 0.1) is 33.4 Å². The van der Waals surface area contributed by atoms with E-state index < -0.39 is 0 Å². The van der Waals surface area contributed by atoms with Crippen molar-refractivity contribution < 1.29 is 4.74 Å². The fourth-order valence-corrected chi connectivity index (χ4v) is 15.2. The lowest BCUT2D eigenvalue weighted by molar-refractivity contribution is 0.486. The molecule has 14 aromatic carbocycles. The minimum absolute atomic E-state index is 0.256. The highest BCUT2D eigenvalue weighted by Gasteiger charge is 2.46. The van der Waals surface area contributed by atoms with E-state index in [1.165, 1.54) is 54.5 Å². The van der Waals surface area contributed by atoms with E-state index in [9.17, 15) is 0 Å². The zero-order valence-electron chi connectivity index (χ0n) is 48.9. The molecule has 6 heteroatoms. The Labute approximate surface area is 521 Å². The summed E-state index contributed by atoms with van der Waals surface area (Å²) in [5, 5.41) is 4.87. The molecule has 2 aromatic heterocycles. The molecule has 0 N–H and O–H groups in total. The first-order chi connectivity index (χ1) is 44.7. The van der Waals surface area contributed by atoms with Crippen molar-refractivity contribution in [3.05, 3.63) is 322 Å². The van der Waals surface area contributed by atoms with Crippen LogP contribution in [-0.2, 0) is 0 Å². The molecule has 0 radical (unpaired) electrons. The lowest BCUT2D eigenvalue weighted by Crippen LogP contribution is -2.61. The van der Waals surface area contributed by atoms with Crippen LogP contribution in [0.3, 0.4) is 0 Å². The third-order valence-electron chi connectivity index (χ3n) is 19.1. The molecule has 0 amide bonds. The molecule has 16 aromatic rings. The van der Waals surface area contributed by atoms with Crippen LogP contribution in [0.1, 0.15) is 0 Å². The quantitative estimate of drug-likeness (QED) is 0.155. The second kappa shape index (κ2) is 19.8. The van der Waals surface area contributed by atoms with E-state index in [4.69, 9.17) is 4.74 Å². The zero-order chi connectivity index (χ0) is 59.0. The van der Waals surface area contributed by atoms with E-state index in [1.54, 1.807) is 0 Å². The minimum Gasteiger partial charge on any atom is -0.456 e. The Morgan fingerprint density at radius 3 is 1.24 bits per heavy atom. The van der Waals surface area contributed by atoms with E-state index >= 15 is 0 Å². The maximum absolute atomic E-state index is 7.39. The standard InChI is InChI=1S/C84H53BN4O/c1-4-22-54(23-5-1)57-40-43-60(44-41-57)86-78-51-61(87-73-34-16-10-28-63(73)64-29-11-17-35-74(64)87)45-46-71(78)85-72-50-59(56-26-8-3-9-27-56)49-70-68-33-15-21-39-82(68)90-81-38-20-14-32-67(81)69-48-58(55-24-6-2-7-25-55)42-47-77(69)89(84(70)72)80-53-62(52-79(86)83(80)85)88-75-36-18-12-30-65(75)66-31-13-19-37-76(66)88/h1-53H. The summed E-state index contributed by atoms with van der Waals surface area (Å²) in [4.78, 5) is 5.23. The van der Waals surface area contributed by atoms with Gasteiger partial charge in [-0.05, 0) is 141 Å². The highest BCUT2D eigenvalue weighted by Crippen LogP contribution is 2.55. The summed E-state index contributed by atoms with van der Waals surface area (Å²) >= 11 is 0. The van der Waals surface area contributed by atoms with Gasteiger partial charge in [-0.2, -0.15) is 0 Å². The predicted molar refractivity (Wildman–Crippen MR) is 376 cm³/mol. The summed E-state index contributed by atoms with van der Waals surface area (Å²) < 4.78 is 12.4. The van der Waals surface area contributed by atoms with Crippen molar-refractivity contribution in [2.45, 2.75) is 0 Å². The number of para-hydroxylation sites is 6. The molecule has 418 valence electrons. The number of fused-ring (bicyclic) bond motifs is 16. The van der Waals surface area contributed by atoms with Crippen LogP contribution in [-0.4, -0.2) is 15.8 Å². The number of rotatable bonds is 6. The van der Waals surface area contributed by atoms with Crippen LogP contribution in [0.25, 0.3) is 111 Å². The van der Waals surface area contributed by atoms with Crippen molar-refractivity contribution in [3.63, 3.8) is 0 Å². The maximum Gasteiger partial charge on any atom is 0.252 e. The maximum atomic E-state index is 7.39. The molecule has 5 heterocycles. The topological polar surface area (TPSA) is 25.6 Å². The monoisotopic (exact) mass is 1140 g/mol. The highest BCUT2D eigenvalue weighted by molar-refractivity contribution is 7.00. The molecule has 0 fully saturated rings. The first-order valence-corrected chi connectivity index (χ1v) is 31.0. The third-order valence-corrected chi connectivity index (χ3v) is 19.1. The smallest absolute Gasteiger partial charge is 0.252 e. The Morgan fingerprint density at radius 1 is 0.244 bits per heavy atom. The molecule has 0 bridgehead atoms. The Morgan fingerprint density at radius 2 is 0.667 bits per heavy atom. The molecule has 90 heavy (non-hydrogen) atoms. The van der Waals surface area contributed by atoms with Crippen molar-refractivity contribution in [3.8, 4) is 78.5 Å². The van der Waals surface area contributed by atoms with Gasteiger partial charge in [0.1, 0.15) is 11.5 Å². The number of ether oxygens (including phenoxy) is 1. The van der Waals surface area contributed by atoms with Crippen LogP contribution in [0.15, 0.2) is 322 Å². The normalized spacial score (nSPS) is 12.7. The molecule has 5 nitrogen and oxygen atoms in total. The van der Waals surface area contributed by atoms with Gasteiger partial charge in [0.2, 0.25) is 0 Å². The molecule has 3 aliphatic heterocycles. The van der Waals surface area contributed by atoms with Gasteiger partial charge in [-0.1, -0.05) is 231 Å². The number of hydrogen-bond donors (Lipinski definition) is 0. The Bertz CT molecular complexity index is 5490. The van der Waals surface area contributed by atoms with Crippen LogP contribution >= 0.6 is 0 Å². The SMILES string of the molecule is c1ccc(-c2ccc(N3c4cc(-n5c6ccccc6c6ccccc65)ccc4B4c5cc(-c6ccccc6)cc6c5N(c5ccc(-c7ccccc7)cc5-c5ccccc5Oc5ccccc5-6)c5cc(-n6c7ccccc7c7ccccc76)cc3c54)cc2)cc1. The summed E-state index contributed by atoms with van der Waals surface area (Å²) in [6, 6.07) is 119. The first kappa shape index (κ1) is 50.3. The minimum atomic E-state index is -0.256. The zero-order valence-corrected chi connectivity index (χ0v) is 48.9. The van der Waals surface area contributed by atoms with Crippen LogP contribution in [0.5, 0.6) is 11.5 Å². The predicted octanol–water partition coefficient (Wildman–Crippen LogP) is 20.4. The summed E-state index contributed by atoms with van der Waals surface area (Å²) in [6.07, 6.45) is 0. The Hall–Kier alpha value is -11.9. The largest absolute Gasteiger partial charge is 0.456 e. The summed E-state index contributed by atoms with van der Waals surface area (Å²) in [5.41, 5.74) is 28.0. The van der Waals surface area contributed by atoms with Crippen molar-refractivity contribution in [2.75, 3.05) is 9.80 Å². The van der Waals surface area contributed by atoms with Crippen LogP contribution in [0, 0.1) is 0 Å². The summed E-state index contributed by atoms with van der Waals surface area (Å²) in [5.74, 6) is 1.57. The molecule has 0 saturated heterocycles. The Kier molecular flexibility index (Phi) is 11.1. The fraction of sp³-hybridized carbons (Fsp3) is 0. The number of anilines is 6. The second-order valence-corrected chi connectivity index (χ2v) is 23.9. The van der Waals surface area contributed by atoms with E-state index in [0.717, 1.165) is 118 Å². The molecule has 0 saturated carbocycles. The molecular formula is C84H53BN4O. The molecule has 0 unspecified atom stereocenters. The molecule has 0 aliphatic carbocycles. The average Bonchev–Trinajstić information content (AvgIpc) is 0.803. The van der Waals surface area contributed by atoms with E-state index in [-0.39, 0.29) is 6.71 Å². The highest BCUT2D eigenvalue weighted by atomic mass is 16.5. The van der Waals surface area contributed by atoms with Crippen LogP contribution in [0.4, 0.5) is 34.1 Å². The first-order valence-electron chi connectivity index (χ1n) is 31.0. The molecule has 19 rings (SSSR count). The van der Waals surface area contributed by atoms with Crippen LogP contribution in [0.2, 0.25) is 0 Å². The van der Waals surface area contributed by atoms with Gasteiger partial charge in [0, 0.05) is 77.9 Å². The third kappa shape index (κ3) is 7.58. The summed E-state index contributed by atoms with van der Waals surface area (Å²) in [7, 11) is 0. The van der Waals surface area contributed by atoms with Gasteiger partial charge < -0.3 is 23.7 Å². The van der Waals surface area contributed by atoms with E-state index in [1.807, 2.05) is 0 Å². The van der Waals surface area contributed by atoms with E-state index in [0.29, 0.717) is 0 Å². The molecule has 0 spiro atoms. The molecule has 3 aliphatic rings. The van der Waals surface area contributed by atoms with E-state index in [2.05, 4.69) is 340 Å². The van der Waals surface area contributed by atoms with Gasteiger partial charge in [0.25, 0.3) is 6.71 Å². The van der Waals surface area contributed by atoms with Gasteiger partial charge >= 0.3 is 0 Å². The number of nitrogens with zero attached hydrogens (tertiary/aromatic N) is 4. The number of benzene rings is 14. The van der Waals surface area contributed by atoms with Crippen LogP contribution < -0.4 is 30.9 Å². The molecular weight excluding hydrogens is 1090 g/mol. The number of hydrogen-bond acceptors (Lipinski definition) is 3. The lowest BCUT2D eigenvalue weighted by atomic mass is 9.33. The second-order valence-electron chi connectivity index (χ2n) is 23.9. The summed E-state index contributed by atoms with van der Waals surface area (Å²) in [6.45, 7) is -0.256. The molecule has 0 atom stereocenters. The van der Waals surface area contributed by atoms with Gasteiger partial charge in [-0.25, -0.2) is 0 Å².